The number of rotatable bonds is 37. The molecule has 0 spiro atoms. The van der Waals surface area contributed by atoms with Crippen molar-refractivity contribution < 1.29 is 56.8 Å². The summed E-state index contributed by atoms with van der Waals surface area (Å²) in [6, 6.07) is 0. The summed E-state index contributed by atoms with van der Waals surface area (Å²) in [6.45, 7) is 3.51. The quantitative estimate of drug-likeness (QED) is 0.0200. The van der Waals surface area contributed by atoms with Gasteiger partial charge in [0.1, 0.15) is 36.8 Å². The normalized spacial score (nSPS) is 20.6. The minimum Gasteiger partial charge on any atom is -0.462 e. The van der Waals surface area contributed by atoms with Gasteiger partial charge in [-0.15, -0.1) is 0 Å². The van der Waals surface area contributed by atoms with Gasteiger partial charge in [0, 0.05) is 12.8 Å². The minimum atomic E-state index is -4.62. The van der Waals surface area contributed by atoms with Crippen molar-refractivity contribution in [1.82, 2.24) is 0 Å². The average Bonchev–Trinajstić information content (AvgIpc) is 3.26. The smallest absolute Gasteiger partial charge is 0.306 e. The molecule has 1 heterocycles. The zero-order chi connectivity index (χ0) is 46.9. The molecule has 1 aliphatic heterocycles. The van der Waals surface area contributed by atoms with E-state index in [0.717, 1.165) is 96.3 Å². The van der Waals surface area contributed by atoms with Gasteiger partial charge >= 0.3 is 11.9 Å². The number of aliphatic hydroxyl groups excluding tert-OH is 3. The second-order valence-corrected chi connectivity index (χ2v) is 17.2. The van der Waals surface area contributed by atoms with Gasteiger partial charge in [0.05, 0.1) is 6.61 Å². The van der Waals surface area contributed by atoms with Crippen LogP contribution >= 0.6 is 0 Å². The number of carbonyl (C=O) groups excluding carboxylic acids is 2. The van der Waals surface area contributed by atoms with Gasteiger partial charge in [-0.1, -0.05) is 142 Å². The molecule has 1 rings (SSSR count). The number of allylic oxidation sites excluding steroid dienone is 18. The molecule has 12 nitrogen and oxygen atoms in total. The molecule has 1 saturated heterocycles. The Hall–Kier alpha value is -3.69. The summed E-state index contributed by atoms with van der Waals surface area (Å²) in [7, 11) is -4.62. The van der Waals surface area contributed by atoms with Gasteiger partial charge < -0.3 is 34.3 Å². The van der Waals surface area contributed by atoms with Crippen molar-refractivity contribution in [3.8, 4) is 0 Å². The molecule has 4 N–H and O–H groups in total. The van der Waals surface area contributed by atoms with Crippen LogP contribution in [0.1, 0.15) is 142 Å². The third kappa shape index (κ3) is 33.8. The highest BCUT2D eigenvalue weighted by Gasteiger charge is 2.46. The lowest BCUT2D eigenvalue weighted by atomic mass is 10.00. The van der Waals surface area contributed by atoms with E-state index in [9.17, 15) is 37.9 Å². The Morgan fingerprint density at radius 2 is 0.984 bits per heavy atom. The largest absolute Gasteiger partial charge is 0.462 e. The average molecular weight is 917 g/mol. The van der Waals surface area contributed by atoms with Gasteiger partial charge in [0.15, 0.2) is 12.4 Å². The van der Waals surface area contributed by atoms with Crippen molar-refractivity contribution in [3.63, 3.8) is 0 Å². The predicted molar refractivity (Wildman–Crippen MR) is 256 cm³/mol. The Morgan fingerprint density at radius 1 is 0.547 bits per heavy atom. The van der Waals surface area contributed by atoms with Gasteiger partial charge in [-0.2, -0.15) is 8.42 Å². The fourth-order valence-corrected chi connectivity index (χ4v) is 6.91. The van der Waals surface area contributed by atoms with Crippen molar-refractivity contribution in [1.29, 1.82) is 0 Å². The van der Waals surface area contributed by atoms with Crippen molar-refractivity contribution in [2.75, 3.05) is 19.0 Å². The first kappa shape index (κ1) is 58.3. The third-order valence-corrected chi connectivity index (χ3v) is 10.6. The summed E-state index contributed by atoms with van der Waals surface area (Å²) < 4.78 is 54.1. The molecule has 13 heteroatoms. The molecule has 0 saturated carbocycles. The van der Waals surface area contributed by atoms with Crippen molar-refractivity contribution in [2.45, 2.75) is 179 Å². The first-order chi connectivity index (χ1) is 31.0. The number of aliphatic hydroxyl groups is 3. The summed E-state index contributed by atoms with van der Waals surface area (Å²) in [6.07, 6.45) is 45.5. The highest BCUT2D eigenvalue weighted by Crippen LogP contribution is 2.24. The van der Waals surface area contributed by atoms with Crippen LogP contribution in [-0.2, 0) is 38.7 Å². The summed E-state index contributed by atoms with van der Waals surface area (Å²) in [4.78, 5) is 25.4. The second kappa shape index (κ2) is 39.7. The zero-order valence-electron chi connectivity index (χ0n) is 38.6. The molecule has 0 amide bonds. The standard InChI is InChI=1S/C51H80O12S/c1-3-5-7-9-11-13-15-17-19-21-22-24-26-28-30-32-34-36-38-40-47(53)62-44(42-61-51-50(56)49(55)48(54)45(63-51)43-64(57,58)59)41-60-46(52)39-37-35-33-31-29-27-25-23-20-18-16-14-12-10-8-6-4-2/h5,7-8,10-11,13-14,16-17,19-20,22-24,27-30,44-45,48-51,54-56H,3-4,6,9,12,15,18,21,25-26,31-43H2,1-2H3,(H,57,58,59)/b7-5+,10-8+,13-11+,16-14+,19-17+,23-20+,24-22+,29-27+,30-28+/t44-,45-,48-,49?,50?,51+/m1/s1. The maximum absolute atomic E-state index is 12.8. The van der Waals surface area contributed by atoms with Crippen LogP contribution in [0.4, 0.5) is 0 Å². The fraction of sp³-hybridized carbons (Fsp3) is 0.608. The Balaban J connectivity index is 2.50. The van der Waals surface area contributed by atoms with E-state index in [0.29, 0.717) is 12.8 Å². The van der Waals surface area contributed by atoms with Gasteiger partial charge in [0.2, 0.25) is 0 Å². The Labute approximate surface area is 385 Å². The summed E-state index contributed by atoms with van der Waals surface area (Å²) in [5, 5.41) is 30.9. The first-order valence-corrected chi connectivity index (χ1v) is 25.1. The summed E-state index contributed by atoms with van der Waals surface area (Å²) >= 11 is 0. The molecule has 2 unspecified atom stereocenters. The van der Waals surface area contributed by atoms with Crippen LogP contribution in [0.15, 0.2) is 109 Å². The molecule has 0 aromatic carbocycles. The predicted octanol–water partition coefficient (Wildman–Crippen LogP) is 10.0. The maximum atomic E-state index is 12.8. The van der Waals surface area contributed by atoms with Crippen LogP contribution < -0.4 is 0 Å². The van der Waals surface area contributed by atoms with E-state index >= 15 is 0 Å². The van der Waals surface area contributed by atoms with E-state index in [1.165, 1.54) is 6.42 Å². The Morgan fingerprint density at radius 3 is 1.44 bits per heavy atom. The molecule has 6 atom stereocenters. The molecular weight excluding hydrogens is 837 g/mol. The highest BCUT2D eigenvalue weighted by atomic mass is 32.2. The lowest BCUT2D eigenvalue weighted by Crippen LogP contribution is -2.60. The topological polar surface area (TPSA) is 186 Å². The third-order valence-electron chi connectivity index (χ3n) is 9.82. The summed E-state index contributed by atoms with van der Waals surface area (Å²) in [5.41, 5.74) is 0. The Bertz CT molecular complexity index is 1590. The van der Waals surface area contributed by atoms with E-state index in [2.05, 4.69) is 123 Å². The van der Waals surface area contributed by atoms with Crippen molar-refractivity contribution >= 4 is 22.1 Å². The lowest BCUT2D eigenvalue weighted by Gasteiger charge is -2.40. The number of ether oxygens (including phenoxy) is 4. The molecule has 64 heavy (non-hydrogen) atoms. The fourth-order valence-electron chi connectivity index (χ4n) is 6.22. The van der Waals surface area contributed by atoms with Gasteiger partial charge in [0.25, 0.3) is 10.1 Å². The second-order valence-electron chi connectivity index (χ2n) is 15.7. The van der Waals surface area contributed by atoms with Crippen LogP contribution in [0.25, 0.3) is 0 Å². The number of esters is 2. The van der Waals surface area contributed by atoms with E-state index in [-0.39, 0.29) is 19.4 Å². The summed E-state index contributed by atoms with van der Waals surface area (Å²) in [5.74, 6) is -2.09. The van der Waals surface area contributed by atoms with Crippen LogP contribution in [0.5, 0.6) is 0 Å². The van der Waals surface area contributed by atoms with Crippen LogP contribution in [-0.4, -0.2) is 96.0 Å². The molecule has 1 fully saturated rings. The first-order valence-electron chi connectivity index (χ1n) is 23.4. The maximum Gasteiger partial charge on any atom is 0.306 e. The molecule has 0 aromatic heterocycles. The number of hydrogen-bond donors (Lipinski definition) is 4. The minimum absolute atomic E-state index is 0.110. The van der Waals surface area contributed by atoms with E-state index in [4.69, 9.17) is 18.9 Å². The van der Waals surface area contributed by atoms with Crippen LogP contribution in [0, 0.1) is 0 Å². The monoisotopic (exact) mass is 917 g/mol. The van der Waals surface area contributed by atoms with E-state index in [1.54, 1.807) is 0 Å². The number of hydrogen-bond acceptors (Lipinski definition) is 11. The van der Waals surface area contributed by atoms with Gasteiger partial charge in [-0.3, -0.25) is 14.1 Å². The number of carbonyl (C=O) groups is 2. The van der Waals surface area contributed by atoms with Crippen molar-refractivity contribution in [2.24, 2.45) is 0 Å². The molecular formula is C51H80O12S. The van der Waals surface area contributed by atoms with Crippen LogP contribution in [0.2, 0.25) is 0 Å². The number of unbranched alkanes of at least 4 members (excludes halogenated alkanes) is 7. The Kier molecular flexibility index (Phi) is 36.1. The van der Waals surface area contributed by atoms with Gasteiger partial charge in [-0.05, 0) is 96.3 Å². The SMILES string of the molecule is CC/C=C/C/C=C/C/C=C/C/C=C/C/C=C/CCCCCC(=O)O[C@H](COC(=O)CCCCC/C=C/C/C=C/C/C=C/C/C=C/CCC)CO[C@H]1O[C@H](CS(=O)(=O)O)[C@@H](O)C(O)C1O. The van der Waals surface area contributed by atoms with Crippen LogP contribution in [0.3, 0.4) is 0 Å². The van der Waals surface area contributed by atoms with E-state index < -0.39 is 71.2 Å². The molecule has 1 aliphatic rings. The molecule has 0 radical (unpaired) electrons. The zero-order valence-corrected chi connectivity index (χ0v) is 39.4. The molecule has 0 bridgehead atoms. The van der Waals surface area contributed by atoms with E-state index in [1.807, 2.05) is 0 Å². The van der Waals surface area contributed by atoms with Gasteiger partial charge in [-0.25, -0.2) is 0 Å². The molecule has 0 aliphatic carbocycles. The lowest BCUT2D eigenvalue weighted by molar-refractivity contribution is -0.297. The van der Waals surface area contributed by atoms with Crippen molar-refractivity contribution in [3.05, 3.63) is 109 Å². The molecule has 362 valence electrons. The molecule has 0 aromatic rings. The highest BCUT2D eigenvalue weighted by molar-refractivity contribution is 7.85.